The van der Waals surface area contributed by atoms with Crippen molar-refractivity contribution in [2.75, 3.05) is 26.3 Å². The Hall–Kier alpha value is -0.810. The normalized spacial score (nSPS) is 23.0. The number of hydrogen-bond acceptors (Lipinski definition) is 4. The van der Waals surface area contributed by atoms with E-state index in [9.17, 15) is 0 Å². The summed E-state index contributed by atoms with van der Waals surface area (Å²) in [5.41, 5.74) is 5.83. The molecule has 1 aliphatic rings. The van der Waals surface area contributed by atoms with Crippen LogP contribution in [0.3, 0.4) is 0 Å². The van der Waals surface area contributed by atoms with Gasteiger partial charge >= 0.3 is 0 Å². The van der Waals surface area contributed by atoms with Crippen molar-refractivity contribution in [1.82, 2.24) is 5.32 Å². The molecule has 0 bridgehead atoms. The van der Waals surface area contributed by atoms with Crippen LogP contribution < -0.4 is 11.1 Å². The number of amidine groups is 1. The van der Waals surface area contributed by atoms with Gasteiger partial charge in [0, 0.05) is 32.2 Å². The molecule has 0 amide bonds. The molecule has 0 aromatic heterocycles. The summed E-state index contributed by atoms with van der Waals surface area (Å²) in [4.78, 5) is 0. The SMILES string of the molecule is CC(CNCC1(C)CCOCC1)C(N)=NO. The Labute approximate surface area is 97.0 Å². The fourth-order valence-electron chi connectivity index (χ4n) is 1.83. The van der Waals surface area contributed by atoms with Crippen molar-refractivity contribution in [1.29, 1.82) is 0 Å². The van der Waals surface area contributed by atoms with Crippen molar-refractivity contribution in [3.05, 3.63) is 0 Å². The number of ether oxygens (including phenoxy) is 1. The van der Waals surface area contributed by atoms with Gasteiger partial charge in [-0.1, -0.05) is 19.0 Å². The number of nitrogens with two attached hydrogens (primary N) is 1. The van der Waals surface area contributed by atoms with Gasteiger partial charge in [0.1, 0.15) is 5.84 Å². The summed E-state index contributed by atoms with van der Waals surface area (Å²) in [7, 11) is 0. The Bertz CT molecular complexity index is 237. The molecule has 4 N–H and O–H groups in total. The molecule has 1 fully saturated rings. The van der Waals surface area contributed by atoms with Crippen LogP contribution in [0.4, 0.5) is 0 Å². The molecule has 0 aromatic carbocycles. The lowest BCUT2D eigenvalue weighted by atomic mass is 9.82. The van der Waals surface area contributed by atoms with Gasteiger partial charge in [0.15, 0.2) is 0 Å². The molecule has 1 unspecified atom stereocenters. The number of rotatable bonds is 5. The van der Waals surface area contributed by atoms with Crippen LogP contribution in [-0.4, -0.2) is 37.3 Å². The summed E-state index contributed by atoms with van der Waals surface area (Å²) in [5, 5.41) is 14.9. The summed E-state index contributed by atoms with van der Waals surface area (Å²) >= 11 is 0. The van der Waals surface area contributed by atoms with Crippen LogP contribution in [0.15, 0.2) is 5.16 Å². The van der Waals surface area contributed by atoms with Gasteiger partial charge in [-0.2, -0.15) is 0 Å². The van der Waals surface area contributed by atoms with Gasteiger partial charge < -0.3 is 21.0 Å². The Kier molecular flexibility index (Phi) is 5.02. The van der Waals surface area contributed by atoms with Gasteiger partial charge in [0.2, 0.25) is 0 Å². The number of nitrogens with one attached hydrogen (secondary N) is 1. The molecule has 94 valence electrons. The standard InChI is InChI=1S/C11H23N3O2/c1-9(10(12)14-15)7-13-8-11(2)3-5-16-6-4-11/h9,13,15H,3-8H2,1-2H3,(H2,12,14). The zero-order chi connectivity index (χ0) is 12.0. The predicted octanol–water partition coefficient (Wildman–Crippen LogP) is 0.775. The molecule has 1 rings (SSSR count). The molecule has 0 aromatic rings. The fourth-order valence-corrected chi connectivity index (χ4v) is 1.83. The van der Waals surface area contributed by atoms with E-state index in [1.807, 2.05) is 6.92 Å². The minimum absolute atomic E-state index is 0.0634. The van der Waals surface area contributed by atoms with Crippen LogP contribution in [-0.2, 0) is 4.74 Å². The minimum atomic E-state index is 0.0634. The first kappa shape index (κ1) is 13.3. The second-order valence-corrected chi connectivity index (χ2v) is 4.98. The van der Waals surface area contributed by atoms with Gasteiger partial charge in [0.05, 0.1) is 0 Å². The summed E-state index contributed by atoms with van der Waals surface area (Å²) < 4.78 is 5.35. The zero-order valence-corrected chi connectivity index (χ0v) is 10.2. The highest BCUT2D eigenvalue weighted by atomic mass is 16.5. The molecule has 16 heavy (non-hydrogen) atoms. The fraction of sp³-hybridized carbons (Fsp3) is 0.909. The molecule has 1 heterocycles. The highest BCUT2D eigenvalue weighted by molar-refractivity contribution is 5.82. The van der Waals surface area contributed by atoms with E-state index in [1.165, 1.54) is 0 Å². The first-order chi connectivity index (χ1) is 7.57. The largest absolute Gasteiger partial charge is 0.409 e. The Morgan fingerprint density at radius 1 is 1.56 bits per heavy atom. The van der Waals surface area contributed by atoms with Crippen LogP contribution in [0, 0.1) is 11.3 Å². The maximum absolute atomic E-state index is 8.52. The van der Waals surface area contributed by atoms with Crippen molar-refractivity contribution < 1.29 is 9.94 Å². The third-order valence-corrected chi connectivity index (χ3v) is 3.32. The summed E-state index contributed by atoms with van der Waals surface area (Å²) in [6.45, 7) is 7.62. The van der Waals surface area contributed by atoms with Crippen LogP contribution in [0.2, 0.25) is 0 Å². The van der Waals surface area contributed by atoms with E-state index in [4.69, 9.17) is 15.7 Å². The quantitative estimate of drug-likeness (QED) is 0.282. The van der Waals surface area contributed by atoms with E-state index in [-0.39, 0.29) is 11.8 Å². The van der Waals surface area contributed by atoms with E-state index in [2.05, 4.69) is 17.4 Å². The van der Waals surface area contributed by atoms with Gasteiger partial charge in [-0.3, -0.25) is 0 Å². The molecule has 0 spiro atoms. The van der Waals surface area contributed by atoms with Crippen molar-refractivity contribution in [2.45, 2.75) is 26.7 Å². The maximum Gasteiger partial charge on any atom is 0.143 e. The lowest BCUT2D eigenvalue weighted by Gasteiger charge is -2.34. The van der Waals surface area contributed by atoms with Gasteiger partial charge in [0.25, 0.3) is 0 Å². The zero-order valence-electron chi connectivity index (χ0n) is 10.2. The van der Waals surface area contributed by atoms with Crippen LogP contribution >= 0.6 is 0 Å². The summed E-state index contributed by atoms with van der Waals surface area (Å²) in [6.07, 6.45) is 2.19. The van der Waals surface area contributed by atoms with Crippen LogP contribution in [0.25, 0.3) is 0 Å². The maximum atomic E-state index is 8.52. The van der Waals surface area contributed by atoms with Crippen molar-refractivity contribution in [2.24, 2.45) is 22.2 Å². The van der Waals surface area contributed by atoms with E-state index in [0.29, 0.717) is 5.41 Å². The van der Waals surface area contributed by atoms with Crippen molar-refractivity contribution in [3.8, 4) is 0 Å². The number of hydrogen-bond donors (Lipinski definition) is 3. The molecule has 1 aliphatic heterocycles. The third kappa shape index (κ3) is 3.98. The topological polar surface area (TPSA) is 79.9 Å². The van der Waals surface area contributed by atoms with Crippen molar-refractivity contribution >= 4 is 5.84 Å². The molecule has 0 aliphatic carbocycles. The van der Waals surface area contributed by atoms with E-state index in [1.54, 1.807) is 0 Å². The molecule has 0 saturated carbocycles. The van der Waals surface area contributed by atoms with Gasteiger partial charge in [-0.25, -0.2) is 0 Å². The smallest absolute Gasteiger partial charge is 0.143 e. The van der Waals surface area contributed by atoms with Crippen LogP contribution in [0.5, 0.6) is 0 Å². The third-order valence-electron chi connectivity index (χ3n) is 3.32. The Balaban J connectivity index is 2.24. The number of oxime groups is 1. The monoisotopic (exact) mass is 229 g/mol. The second kappa shape index (κ2) is 6.06. The molecule has 5 heteroatoms. The second-order valence-electron chi connectivity index (χ2n) is 4.98. The van der Waals surface area contributed by atoms with Crippen LogP contribution in [0.1, 0.15) is 26.7 Å². The number of nitrogens with zero attached hydrogens (tertiary/aromatic N) is 1. The van der Waals surface area contributed by atoms with Gasteiger partial charge in [-0.05, 0) is 18.3 Å². The van der Waals surface area contributed by atoms with Crippen molar-refractivity contribution in [3.63, 3.8) is 0 Å². The first-order valence-corrected chi connectivity index (χ1v) is 5.83. The van der Waals surface area contributed by atoms with E-state index in [0.717, 1.165) is 39.1 Å². The first-order valence-electron chi connectivity index (χ1n) is 5.83. The highest BCUT2D eigenvalue weighted by Gasteiger charge is 2.26. The predicted molar refractivity (Wildman–Crippen MR) is 63.6 cm³/mol. The van der Waals surface area contributed by atoms with Gasteiger partial charge in [-0.15, -0.1) is 0 Å². The molecule has 0 radical (unpaired) electrons. The summed E-state index contributed by atoms with van der Waals surface area (Å²) in [6, 6.07) is 0. The lowest BCUT2D eigenvalue weighted by Crippen LogP contribution is -2.40. The highest BCUT2D eigenvalue weighted by Crippen LogP contribution is 2.28. The average molecular weight is 229 g/mol. The Morgan fingerprint density at radius 3 is 2.75 bits per heavy atom. The van der Waals surface area contributed by atoms with E-state index >= 15 is 0 Å². The summed E-state index contributed by atoms with van der Waals surface area (Å²) in [5.74, 6) is 0.345. The lowest BCUT2D eigenvalue weighted by molar-refractivity contribution is 0.0240. The molecule has 1 atom stereocenters. The molecular weight excluding hydrogens is 206 g/mol. The Morgan fingerprint density at radius 2 is 2.19 bits per heavy atom. The van der Waals surface area contributed by atoms with E-state index < -0.39 is 0 Å². The molecule has 5 nitrogen and oxygen atoms in total. The minimum Gasteiger partial charge on any atom is -0.409 e. The molecular formula is C11H23N3O2. The molecule has 1 saturated heterocycles. The average Bonchev–Trinajstić information content (AvgIpc) is 2.28.